The van der Waals surface area contributed by atoms with Gasteiger partial charge in [-0.2, -0.15) is 0 Å². The highest BCUT2D eigenvalue weighted by Crippen LogP contribution is 2.16. The molecule has 0 radical (unpaired) electrons. The number of nitrogens with one attached hydrogen (secondary N) is 1. The van der Waals surface area contributed by atoms with Crippen LogP contribution in [0, 0.1) is 10.5 Å². The van der Waals surface area contributed by atoms with Crippen molar-refractivity contribution >= 4 is 12.2 Å². The van der Waals surface area contributed by atoms with Gasteiger partial charge < -0.3 is 4.98 Å². The molecule has 0 fully saturated rings. The van der Waals surface area contributed by atoms with E-state index in [9.17, 15) is 4.39 Å². The second kappa shape index (κ2) is 4.71. The third-order valence-corrected chi connectivity index (χ3v) is 2.56. The Morgan fingerprint density at radius 1 is 1.35 bits per heavy atom. The minimum atomic E-state index is -0.368. The Hall–Kier alpha value is -1.62. The number of hydrogen-bond acceptors (Lipinski definition) is 3. The second-order valence-corrected chi connectivity index (χ2v) is 4.46. The highest BCUT2D eigenvalue weighted by atomic mass is 32.1. The van der Waals surface area contributed by atoms with Gasteiger partial charge in [0.15, 0.2) is 5.82 Å². The normalized spacial score (nSPS) is 10.8. The molecular formula is C12H12FN3S. The Bertz CT molecular complexity index is 575. The summed E-state index contributed by atoms with van der Waals surface area (Å²) < 4.78 is 13.3. The van der Waals surface area contributed by atoms with E-state index in [4.69, 9.17) is 12.2 Å². The van der Waals surface area contributed by atoms with Crippen LogP contribution in [0.25, 0.3) is 11.5 Å². The summed E-state index contributed by atoms with van der Waals surface area (Å²) in [6, 6.07) is 4.75. The SMILES string of the molecule is CC(C)c1cc(=S)nc(-c2ccc(F)cn2)[nH]1. The first kappa shape index (κ1) is 11.9. The van der Waals surface area contributed by atoms with Gasteiger partial charge in [0.05, 0.1) is 6.20 Å². The topological polar surface area (TPSA) is 41.6 Å². The average Bonchev–Trinajstić information content (AvgIpc) is 2.29. The van der Waals surface area contributed by atoms with E-state index >= 15 is 0 Å². The van der Waals surface area contributed by atoms with Crippen LogP contribution in [0.15, 0.2) is 24.4 Å². The van der Waals surface area contributed by atoms with Gasteiger partial charge in [0, 0.05) is 5.69 Å². The fourth-order valence-corrected chi connectivity index (χ4v) is 1.64. The van der Waals surface area contributed by atoms with Crippen molar-refractivity contribution in [2.75, 3.05) is 0 Å². The molecule has 0 aliphatic carbocycles. The summed E-state index contributed by atoms with van der Waals surface area (Å²) in [7, 11) is 0. The molecule has 0 saturated carbocycles. The maximum atomic E-state index is 12.8. The van der Waals surface area contributed by atoms with E-state index in [1.165, 1.54) is 6.07 Å². The lowest BCUT2D eigenvalue weighted by Gasteiger charge is -2.08. The fraction of sp³-hybridized carbons (Fsp3) is 0.250. The number of hydrogen-bond donors (Lipinski definition) is 1. The molecule has 2 heterocycles. The van der Waals surface area contributed by atoms with Crippen LogP contribution in [-0.4, -0.2) is 15.0 Å². The summed E-state index contributed by atoms with van der Waals surface area (Å²) in [6.07, 6.45) is 1.16. The smallest absolute Gasteiger partial charge is 0.157 e. The molecule has 0 unspecified atom stereocenters. The van der Waals surface area contributed by atoms with Crippen molar-refractivity contribution in [1.29, 1.82) is 0 Å². The summed E-state index contributed by atoms with van der Waals surface area (Å²) in [6.45, 7) is 4.12. The summed E-state index contributed by atoms with van der Waals surface area (Å²) >= 11 is 5.10. The van der Waals surface area contributed by atoms with Gasteiger partial charge >= 0.3 is 0 Å². The zero-order chi connectivity index (χ0) is 12.4. The highest BCUT2D eigenvalue weighted by molar-refractivity contribution is 7.71. The molecule has 88 valence electrons. The molecule has 0 aliphatic heterocycles. The molecule has 3 nitrogen and oxygen atoms in total. The van der Waals surface area contributed by atoms with Crippen molar-refractivity contribution in [2.45, 2.75) is 19.8 Å². The molecule has 1 N–H and O–H groups in total. The summed E-state index contributed by atoms with van der Waals surface area (Å²) in [5.41, 5.74) is 1.58. The van der Waals surface area contributed by atoms with Crippen LogP contribution >= 0.6 is 12.2 Å². The Balaban J connectivity index is 2.52. The minimum absolute atomic E-state index is 0.318. The van der Waals surface area contributed by atoms with Crippen LogP contribution < -0.4 is 0 Å². The van der Waals surface area contributed by atoms with E-state index < -0.39 is 0 Å². The van der Waals surface area contributed by atoms with Gasteiger partial charge in [0.1, 0.15) is 16.2 Å². The van der Waals surface area contributed by atoms with Crippen molar-refractivity contribution in [1.82, 2.24) is 15.0 Å². The van der Waals surface area contributed by atoms with Crippen LogP contribution in [0.4, 0.5) is 4.39 Å². The zero-order valence-corrected chi connectivity index (χ0v) is 10.4. The first-order chi connectivity index (χ1) is 8.06. The van der Waals surface area contributed by atoms with Crippen molar-refractivity contribution in [3.05, 3.63) is 40.5 Å². The van der Waals surface area contributed by atoms with Gasteiger partial charge in [-0.1, -0.05) is 26.1 Å². The van der Waals surface area contributed by atoms with E-state index in [1.54, 1.807) is 6.07 Å². The third kappa shape index (κ3) is 2.74. The van der Waals surface area contributed by atoms with E-state index in [-0.39, 0.29) is 5.82 Å². The third-order valence-electron chi connectivity index (χ3n) is 2.36. The first-order valence-corrected chi connectivity index (χ1v) is 5.70. The van der Waals surface area contributed by atoms with E-state index in [0.29, 0.717) is 22.1 Å². The highest BCUT2D eigenvalue weighted by Gasteiger charge is 2.06. The molecule has 0 bridgehead atoms. The minimum Gasteiger partial charge on any atom is -0.342 e. The molecule has 2 aromatic rings. The van der Waals surface area contributed by atoms with Gasteiger partial charge in [-0.15, -0.1) is 0 Å². The first-order valence-electron chi connectivity index (χ1n) is 5.29. The lowest BCUT2D eigenvalue weighted by atomic mass is 10.1. The van der Waals surface area contributed by atoms with Gasteiger partial charge in [0.2, 0.25) is 0 Å². The number of halogens is 1. The largest absolute Gasteiger partial charge is 0.342 e. The lowest BCUT2D eigenvalue weighted by Crippen LogP contribution is -1.99. The summed E-state index contributed by atoms with van der Waals surface area (Å²) in [5, 5.41) is 0. The number of aromatic nitrogens is 3. The number of pyridine rings is 1. The molecule has 0 aliphatic rings. The maximum Gasteiger partial charge on any atom is 0.157 e. The van der Waals surface area contributed by atoms with E-state index in [1.807, 2.05) is 6.07 Å². The van der Waals surface area contributed by atoms with Gasteiger partial charge in [-0.25, -0.2) is 14.4 Å². The van der Waals surface area contributed by atoms with Gasteiger partial charge in [-0.05, 0) is 24.1 Å². The molecule has 0 saturated heterocycles. The summed E-state index contributed by atoms with van der Waals surface area (Å²) in [4.78, 5) is 11.3. The number of aromatic amines is 1. The Morgan fingerprint density at radius 3 is 2.71 bits per heavy atom. The van der Waals surface area contributed by atoms with Crippen LogP contribution in [0.2, 0.25) is 0 Å². The molecule has 0 amide bonds. The molecule has 0 atom stereocenters. The van der Waals surface area contributed by atoms with E-state index in [2.05, 4.69) is 28.8 Å². The summed E-state index contributed by atoms with van der Waals surface area (Å²) in [5.74, 6) is 0.521. The molecule has 0 aromatic carbocycles. The zero-order valence-electron chi connectivity index (χ0n) is 9.57. The molecular weight excluding hydrogens is 237 g/mol. The number of H-pyrrole nitrogens is 1. The van der Waals surface area contributed by atoms with Crippen molar-refractivity contribution in [2.24, 2.45) is 0 Å². The van der Waals surface area contributed by atoms with Gasteiger partial charge in [-0.3, -0.25) is 0 Å². The monoisotopic (exact) mass is 249 g/mol. The molecule has 5 heteroatoms. The average molecular weight is 249 g/mol. The van der Waals surface area contributed by atoms with Crippen LogP contribution in [-0.2, 0) is 0 Å². The maximum absolute atomic E-state index is 12.8. The Morgan fingerprint density at radius 2 is 2.12 bits per heavy atom. The number of rotatable bonds is 2. The van der Waals surface area contributed by atoms with Crippen molar-refractivity contribution in [3.8, 4) is 11.5 Å². The molecule has 17 heavy (non-hydrogen) atoms. The van der Waals surface area contributed by atoms with Crippen LogP contribution in [0.1, 0.15) is 25.5 Å². The molecule has 0 spiro atoms. The van der Waals surface area contributed by atoms with Crippen LogP contribution in [0.5, 0.6) is 0 Å². The van der Waals surface area contributed by atoms with Crippen molar-refractivity contribution in [3.63, 3.8) is 0 Å². The van der Waals surface area contributed by atoms with Crippen LogP contribution in [0.3, 0.4) is 0 Å². The standard InChI is InChI=1S/C12H12FN3S/c1-7(2)10-5-11(17)16-12(15-10)9-4-3-8(13)6-14-9/h3-7H,1-2H3,(H,15,16,17). The molecule has 2 aromatic heterocycles. The van der Waals surface area contributed by atoms with Crippen molar-refractivity contribution < 1.29 is 4.39 Å². The quantitative estimate of drug-likeness (QED) is 0.829. The number of nitrogens with zero attached hydrogens (tertiary/aromatic N) is 2. The Kier molecular flexibility index (Phi) is 3.28. The van der Waals surface area contributed by atoms with Gasteiger partial charge in [0.25, 0.3) is 0 Å². The molecule has 2 rings (SSSR count). The predicted octanol–water partition coefficient (Wildman–Crippen LogP) is 3.46. The Labute approximate surface area is 104 Å². The van der Waals surface area contributed by atoms with E-state index in [0.717, 1.165) is 11.9 Å². The predicted molar refractivity (Wildman–Crippen MR) is 66.7 cm³/mol. The second-order valence-electron chi connectivity index (χ2n) is 4.04. The lowest BCUT2D eigenvalue weighted by molar-refractivity contribution is 0.621. The fourth-order valence-electron chi connectivity index (χ4n) is 1.42.